The zero-order valence-corrected chi connectivity index (χ0v) is 20.8. The molecule has 34 heavy (non-hydrogen) atoms. The van der Waals surface area contributed by atoms with Crippen molar-refractivity contribution in [2.45, 2.75) is 82.6 Å². The van der Waals surface area contributed by atoms with Gasteiger partial charge in [0, 0.05) is 37.9 Å². The maximum absolute atomic E-state index is 13.1. The average Bonchev–Trinajstić information content (AvgIpc) is 3.22. The molecule has 8 nitrogen and oxygen atoms in total. The van der Waals surface area contributed by atoms with Gasteiger partial charge in [0.2, 0.25) is 0 Å². The van der Waals surface area contributed by atoms with Crippen LogP contribution >= 0.6 is 0 Å². The Labute approximate surface area is 202 Å². The van der Waals surface area contributed by atoms with Gasteiger partial charge >= 0.3 is 6.09 Å². The summed E-state index contributed by atoms with van der Waals surface area (Å²) in [6.07, 6.45) is 6.72. The van der Waals surface area contributed by atoms with Gasteiger partial charge in [0.05, 0.1) is 11.2 Å². The van der Waals surface area contributed by atoms with E-state index in [1.807, 2.05) is 20.8 Å². The number of pyridine rings is 1. The Morgan fingerprint density at radius 2 is 1.94 bits per heavy atom. The fraction of sp³-hybridized carbons (Fsp3) is 0.731. The van der Waals surface area contributed by atoms with Gasteiger partial charge in [-0.3, -0.25) is 4.79 Å². The Balaban J connectivity index is 1.20. The van der Waals surface area contributed by atoms with Crippen molar-refractivity contribution in [3.63, 3.8) is 0 Å². The SMILES string of the molecule is CN(C(=O)c1cccnc1NC1CCN(C(=O)OC2[C@@H]3CC4C[C@H]2CC(O)(C4)C3)C1)C(C)(C)C. The lowest BCUT2D eigenvalue weighted by atomic mass is 9.53. The maximum atomic E-state index is 13.1. The first-order valence-corrected chi connectivity index (χ1v) is 12.7. The van der Waals surface area contributed by atoms with Crippen molar-refractivity contribution in [1.29, 1.82) is 0 Å². The smallest absolute Gasteiger partial charge is 0.410 e. The van der Waals surface area contributed by atoms with Gasteiger partial charge < -0.3 is 25.0 Å². The Bertz CT molecular complexity index is 944. The second-order valence-electron chi connectivity index (χ2n) is 12.1. The van der Waals surface area contributed by atoms with E-state index in [1.165, 1.54) is 0 Å². The standard InChI is InChI=1S/C26H38N4O4/c1-25(2,3)29(4)23(31)20-6-5-8-27-22(20)28-19-7-9-30(15-19)24(32)34-21-17-10-16-11-18(21)14-26(33,12-16)13-17/h5-6,8,16-19,21,33H,7,9-15H2,1-4H3,(H,27,28)/t16?,17-,18+,19?,21?,26?. The van der Waals surface area contributed by atoms with Gasteiger partial charge in [0.25, 0.3) is 5.91 Å². The van der Waals surface area contributed by atoms with Crippen LogP contribution in [-0.2, 0) is 4.74 Å². The van der Waals surface area contributed by atoms with Crippen LogP contribution in [0.2, 0.25) is 0 Å². The normalized spacial score (nSPS) is 34.3. The molecular weight excluding hydrogens is 432 g/mol. The van der Waals surface area contributed by atoms with Crippen molar-refractivity contribution in [2.24, 2.45) is 17.8 Å². The Morgan fingerprint density at radius 3 is 2.59 bits per heavy atom. The number of aliphatic hydroxyl groups is 1. The molecular formula is C26H38N4O4. The minimum absolute atomic E-state index is 0.00755. The first kappa shape index (κ1) is 23.4. The van der Waals surface area contributed by atoms with Gasteiger partial charge in [-0.25, -0.2) is 9.78 Å². The number of rotatable bonds is 4. The Morgan fingerprint density at radius 1 is 1.24 bits per heavy atom. The molecule has 5 aliphatic rings. The fourth-order valence-electron chi connectivity index (χ4n) is 6.73. The first-order chi connectivity index (χ1) is 16.0. The molecule has 4 bridgehead atoms. The molecule has 8 heteroatoms. The highest BCUT2D eigenvalue weighted by molar-refractivity contribution is 5.99. The monoisotopic (exact) mass is 470 g/mol. The molecule has 0 radical (unpaired) electrons. The molecule has 2 amide bonds. The van der Waals surface area contributed by atoms with Crippen molar-refractivity contribution >= 4 is 17.8 Å². The topological polar surface area (TPSA) is 95.0 Å². The molecule has 0 aromatic carbocycles. The third-order valence-corrected chi connectivity index (χ3v) is 8.53. The molecule has 5 fully saturated rings. The summed E-state index contributed by atoms with van der Waals surface area (Å²) in [5.41, 5.74) is -0.292. The molecule has 1 saturated heterocycles. The van der Waals surface area contributed by atoms with Gasteiger partial charge in [-0.05, 0) is 89.2 Å². The first-order valence-electron chi connectivity index (χ1n) is 12.7. The summed E-state index contributed by atoms with van der Waals surface area (Å²) in [6.45, 7) is 7.13. The summed E-state index contributed by atoms with van der Waals surface area (Å²) in [5.74, 6) is 1.64. The molecule has 1 aromatic heterocycles. The van der Waals surface area contributed by atoms with Crippen molar-refractivity contribution in [3.8, 4) is 0 Å². The molecule has 0 spiro atoms. The summed E-state index contributed by atoms with van der Waals surface area (Å²) < 4.78 is 6.06. The second kappa shape index (κ2) is 8.40. The third kappa shape index (κ3) is 4.37. The van der Waals surface area contributed by atoms with E-state index < -0.39 is 5.60 Å². The van der Waals surface area contributed by atoms with Crippen LogP contribution in [-0.4, -0.2) is 75.3 Å². The molecule has 2 N–H and O–H groups in total. The quantitative estimate of drug-likeness (QED) is 0.699. The average molecular weight is 471 g/mol. The number of anilines is 1. The number of nitrogens with one attached hydrogen (secondary N) is 1. The van der Waals surface area contributed by atoms with Crippen LogP contribution in [0.4, 0.5) is 10.6 Å². The molecule has 4 unspecified atom stereocenters. The van der Waals surface area contributed by atoms with Crippen LogP contribution < -0.4 is 5.32 Å². The van der Waals surface area contributed by atoms with Crippen molar-refractivity contribution in [1.82, 2.24) is 14.8 Å². The molecule has 186 valence electrons. The lowest BCUT2D eigenvalue weighted by Gasteiger charge is -2.57. The zero-order valence-electron chi connectivity index (χ0n) is 20.8. The number of hydrogen-bond donors (Lipinski definition) is 2. The molecule has 4 aliphatic carbocycles. The summed E-state index contributed by atoms with van der Waals surface area (Å²) in [7, 11) is 1.80. The number of ether oxygens (including phenoxy) is 1. The lowest BCUT2D eigenvalue weighted by molar-refractivity contribution is -0.177. The van der Waals surface area contributed by atoms with E-state index >= 15 is 0 Å². The van der Waals surface area contributed by atoms with E-state index in [4.69, 9.17) is 4.74 Å². The van der Waals surface area contributed by atoms with E-state index in [9.17, 15) is 14.7 Å². The number of likely N-dealkylation sites (tertiary alicyclic amines) is 1. The number of carbonyl (C=O) groups is 2. The summed E-state index contributed by atoms with van der Waals surface area (Å²) in [5, 5.41) is 14.2. The number of hydrogen-bond acceptors (Lipinski definition) is 6. The Kier molecular flexibility index (Phi) is 5.78. The summed E-state index contributed by atoms with van der Waals surface area (Å²) in [4.78, 5) is 34.0. The highest BCUT2D eigenvalue weighted by Crippen LogP contribution is 2.56. The Hall–Kier alpha value is -2.35. The highest BCUT2D eigenvalue weighted by Gasteiger charge is 2.56. The number of aromatic nitrogens is 1. The highest BCUT2D eigenvalue weighted by atomic mass is 16.6. The van der Waals surface area contributed by atoms with Gasteiger partial charge in [-0.2, -0.15) is 0 Å². The van der Waals surface area contributed by atoms with Gasteiger partial charge in [-0.1, -0.05) is 0 Å². The van der Waals surface area contributed by atoms with E-state index in [2.05, 4.69) is 10.3 Å². The fourth-order valence-corrected chi connectivity index (χ4v) is 6.73. The number of carbonyl (C=O) groups excluding carboxylic acids is 2. The van der Waals surface area contributed by atoms with E-state index in [0.717, 1.165) is 38.5 Å². The number of nitrogens with zero attached hydrogens (tertiary/aromatic N) is 3. The predicted octanol–water partition coefficient (Wildman–Crippen LogP) is 3.51. The molecule has 2 heterocycles. The van der Waals surface area contributed by atoms with Crippen LogP contribution in [0.5, 0.6) is 0 Å². The molecule has 6 rings (SSSR count). The van der Waals surface area contributed by atoms with E-state index in [0.29, 0.717) is 42.2 Å². The van der Waals surface area contributed by atoms with Crippen molar-refractivity contribution < 1.29 is 19.4 Å². The molecule has 1 aromatic rings. The molecule has 1 aliphatic heterocycles. The van der Waals surface area contributed by atoms with Crippen molar-refractivity contribution in [3.05, 3.63) is 23.9 Å². The van der Waals surface area contributed by atoms with Crippen LogP contribution in [0.1, 0.15) is 69.7 Å². The lowest BCUT2D eigenvalue weighted by Crippen LogP contribution is -2.58. The third-order valence-electron chi connectivity index (χ3n) is 8.53. The van der Waals surface area contributed by atoms with Crippen LogP contribution in [0.25, 0.3) is 0 Å². The van der Waals surface area contributed by atoms with Gasteiger partial charge in [0.15, 0.2) is 0 Å². The van der Waals surface area contributed by atoms with E-state index in [-0.39, 0.29) is 29.7 Å². The minimum Gasteiger partial charge on any atom is -0.446 e. The van der Waals surface area contributed by atoms with Gasteiger partial charge in [0.1, 0.15) is 11.9 Å². The molecule has 6 atom stereocenters. The summed E-state index contributed by atoms with van der Waals surface area (Å²) in [6, 6.07) is 3.57. The zero-order chi connectivity index (χ0) is 24.3. The minimum atomic E-state index is -0.527. The number of amides is 2. The van der Waals surface area contributed by atoms with E-state index in [1.54, 1.807) is 35.2 Å². The maximum Gasteiger partial charge on any atom is 0.410 e. The summed E-state index contributed by atoms with van der Waals surface area (Å²) >= 11 is 0. The largest absolute Gasteiger partial charge is 0.446 e. The van der Waals surface area contributed by atoms with Gasteiger partial charge in [-0.15, -0.1) is 0 Å². The van der Waals surface area contributed by atoms with Crippen molar-refractivity contribution in [2.75, 3.05) is 25.5 Å². The second-order valence-corrected chi connectivity index (χ2v) is 12.1. The van der Waals surface area contributed by atoms with Crippen LogP contribution in [0, 0.1) is 17.8 Å². The predicted molar refractivity (Wildman–Crippen MR) is 128 cm³/mol. The van der Waals surface area contributed by atoms with Crippen LogP contribution in [0.3, 0.4) is 0 Å². The van der Waals surface area contributed by atoms with Crippen LogP contribution in [0.15, 0.2) is 18.3 Å². The molecule has 4 saturated carbocycles.